The summed E-state index contributed by atoms with van der Waals surface area (Å²) in [5.74, 6) is 0.924. The SMILES string of the molecule is O=C(CCSc1ccccc1Cl)c1ccccc1. The highest BCUT2D eigenvalue weighted by Gasteiger charge is 2.06. The maximum Gasteiger partial charge on any atom is 0.163 e. The molecule has 0 heterocycles. The zero-order valence-corrected chi connectivity index (χ0v) is 11.4. The predicted octanol–water partition coefficient (Wildman–Crippen LogP) is 4.71. The molecule has 0 aliphatic rings. The minimum Gasteiger partial charge on any atom is -0.294 e. The zero-order valence-electron chi connectivity index (χ0n) is 9.80. The first-order chi connectivity index (χ1) is 8.77. The van der Waals surface area contributed by atoms with Crippen LogP contribution in [0.15, 0.2) is 59.5 Å². The summed E-state index contributed by atoms with van der Waals surface area (Å²) in [6.07, 6.45) is 0.528. The van der Waals surface area contributed by atoms with Crippen molar-refractivity contribution in [2.24, 2.45) is 0 Å². The molecule has 0 N–H and O–H groups in total. The Labute approximate surface area is 116 Å². The lowest BCUT2D eigenvalue weighted by atomic mass is 10.1. The summed E-state index contributed by atoms with van der Waals surface area (Å²) in [5.41, 5.74) is 0.775. The maximum absolute atomic E-state index is 11.9. The van der Waals surface area contributed by atoms with E-state index in [1.165, 1.54) is 0 Å². The van der Waals surface area contributed by atoms with Crippen molar-refractivity contribution >= 4 is 29.1 Å². The van der Waals surface area contributed by atoms with Gasteiger partial charge in [-0.3, -0.25) is 4.79 Å². The Morgan fingerprint density at radius 1 is 1.00 bits per heavy atom. The van der Waals surface area contributed by atoms with Crippen LogP contribution in [0.2, 0.25) is 5.02 Å². The third-order valence-electron chi connectivity index (χ3n) is 2.52. The van der Waals surface area contributed by atoms with Crippen molar-refractivity contribution < 1.29 is 4.79 Å². The molecule has 2 aromatic carbocycles. The van der Waals surface area contributed by atoms with Crippen LogP contribution < -0.4 is 0 Å². The van der Waals surface area contributed by atoms with Crippen LogP contribution in [-0.4, -0.2) is 11.5 Å². The van der Waals surface area contributed by atoms with Crippen molar-refractivity contribution in [1.82, 2.24) is 0 Å². The molecule has 0 unspecified atom stereocenters. The minimum absolute atomic E-state index is 0.176. The van der Waals surface area contributed by atoms with Crippen LogP contribution in [0.5, 0.6) is 0 Å². The van der Waals surface area contributed by atoms with Crippen LogP contribution in [0.25, 0.3) is 0 Å². The quantitative estimate of drug-likeness (QED) is 0.581. The van der Waals surface area contributed by atoms with Gasteiger partial charge in [0, 0.05) is 22.6 Å². The van der Waals surface area contributed by atoms with Gasteiger partial charge in [-0.2, -0.15) is 0 Å². The van der Waals surface area contributed by atoms with Crippen LogP contribution in [-0.2, 0) is 0 Å². The molecule has 3 heteroatoms. The lowest BCUT2D eigenvalue weighted by molar-refractivity contribution is 0.0989. The third kappa shape index (κ3) is 3.62. The van der Waals surface area contributed by atoms with E-state index in [4.69, 9.17) is 11.6 Å². The van der Waals surface area contributed by atoms with Crippen molar-refractivity contribution in [3.63, 3.8) is 0 Å². The van der Waals surface area contributed by atoms with E-state index in [1.807, 2.05) is 54.6 Å². The van der Waals surface area contributed by atoms with Crippen molar-refractivity contribution in [3.05, 3.63) is 65.2 Å². The second kappa shape index (κ2) is 6.62. The van der Waals surface area contributed by atoms with Crippen LogP contribution in [0.3, 0.4) is 0 Å². The highest BCUT2D eigenvalue weighted by molar-refractivity contribution is 7.99. The van der Waals surface area contributed by atoms with Gasteiger partial charge >= 0.3 is 0 Å². The molecule has 0 aliphatic heterocycles. The Bertz CT molecular complexity index is 525. The molecule has 18 heavy (non-hydrogen) atoms. The maximum atomic E-state index is 11.9. The highest BCUT2D eigenvalue weighted by atomic mass is 35.5. The molecule has 0 fully saturated rings. The molecule has 1 nitrogen and oxygen atoms in total. The van der Waals surface area contributed by atoms with Gasteiger partial charge in [-0.1, -0.05) is 54.1 Å². The number of carbonyl (C=O) groups is 1. The Balaban J connectivity index is 1.86. The highest BCUT2D eigenvalue weighted by Crippen LogP contribution is 2.27. The number of carbonyl (C=O) groups excluding carboxylic acids is 1. The Hall–Kier alpha value is -1.25. The van der Waals surface area contributed by atoms with Gasteiger partial charge in [0.15, 0.2) is 5.78 Å². The topological polar surface area (TPSA) is 17.1 Å². The largest absolute Gasteiger partial charge is 0.294 e. The lowest BCUT2D eigenvalue weighted by Gasteiger charge is -2.03. The summed E-state index contributed by atoms with van der Waals surface area (Å²) >= 11 is 7.67. The van der Waals surface area contributed by atoms with Crippen LogP contribution in [0.1, 0.15) is 16.8 Å². The van der Waals surface area contributed by atoms with Gasteiger partial charge < -0.3 is 0 Å². The predicted molar refractivity (Wildman–Crippen MR) is 77.6 cm³/mol. The summed E-state index contributed by atoms with van der Waals surface area (Å²) in [4.78, 5) is 12.9. The van der Waals surface area contributed by atoms with E-state index in [1.54, 1.807) is 11.8 Å². The van der Waals surface area contributed by atoms with E-state index >= 15 is 0 Å². The smallest absolute Gasteiger partial charge is 0.163 e. The van der Waals surface area contributed by atoms with Gasteiger partial charge in [-0.05, 0) is 12.1 Å². The first-order valence-electron chi connectivity index (χ1n) is 5.73. The standard InChI is InChI=1S/C15H13ClOS/c16-13-8-4-5-9-15(13)18-11-10-14(17)12-6-2-1-3-7-12/h1-9H,10-11H2. The summed E-state index contributed by atoms with van der Waals surface area (Å²) in [6.45, 7) is 0. The fourth-order valence-electron chi connectivity index (χ4n) is 1.58. The molecule has 0 atom stereocenters. The van der Waals surface area contributed by atoms with Crippen molar-refractivity contribution in [2.75, 3.05) is 5.75 Å². The Morgan fingerprint density at radius 2 is 1.67 bits per heavy atom. The van der Waals surface area contributed by atoms with E-state index in [0.717, 1.165) is 21.2 Å². The molecular weight excluding hydrogens is 264 g/mol. The number of Topliss-reactive ketones (excluding diaryl/α,β-unsaturated/α-hetero) is 1. The average molecular weight is 277 g/mol. The molecule has 0 radical (unpaired) electrons. The molecule has 0 aliphatic carbocycles. The van der Waals surface area contributed by atoms with E-state index in [-0.39, 0.29) is 5.78 Å². The van der Waals surface area contributed by atoms with Crippen LogP contribution >= 0.6 is 23.4 Å². The number of hydrogen-bond donors (Lipinski definition) is 0. The molecule has 0 aromatic heterocycles. The first-order valence-corrected chi connectivity index (χ1v) is 7.09. The van der Waals surface area contributed by atoms with E-state index in [2.05, 4.69) is 0 Å². The van der Waals surface area contributed by atoms with Gasteiger partial charge in [0.1, 0.15) is 0 Å². The van der Waals surface area contributed by atoms with E-state index in [0.29, 0.717) is 6.42 Å². The number of benzene rings is 2. The molecule has 2 aromatic rings. The average Bonchev–Trinajstić information content (AvgIpc) is 2.42. The minimum atomic E-state index is 0.176. The molecular formula is C15H13ClOS. The lowest BCUT2D eigenvalue weighted by Crippen LogP contribution is -1.99. The second-order valence-corrected chi connectivity index (χ2v) is 5.36. The Kier molecular flexibility index (Phi) is 4.85. The van der Waals surface area contributed by atoms with Crippen LogP contribution in [0.4, 0.5) is 0 Å². The second-order valence-electron chi connectivity index (χ2n) is 3.82. The number of thioether (sulfide) groups is 1. The van der Waals surface area contributed by atoms with Crippen molar-refractivity contribution in [1.29, 1.82) is 0 Å². The number of rotatable bonds is 5. The van der Waals surface area contributed by atoms with Crippen molar-refractivity contribution in [2.45, 2.75) is 11.3 Å². The van der Waals surface area contributed by atoms with Gasteiger partial charge in [-0.15, -0.1) is 11.8 Å². The first kappa shape index (κ1) is 13.2. The summed E-state index contributed by atoms with van der Waals surface area (Å²) < 4.78 is 0. The molecule has 0 saturated carbocycles. The fourth-order valence-corrected chi connectivity index (χ4v) is 2.77. The van der Waals surface area contributed by atoms with E-state index < -0.39 is 0 Å². The van der Waals surface area contributed by atoms with Gasteiger partial charge in [0.2, 0.25) is 0 Å². The van der Waals surface area contributed by atoms with Gasteiger partial charge in [0.25, 0.3) is 0 Å². The molecule has 2 rings (SSSR count). The molecule has 0 amide bonds. The normalized spacial score (nSPS) is 10.3. The number of ketones is 1. The molecule has 0 spiro atoms. The molecule has 92 valence electrons. The number of halogens is 1. The third-order valence-corrected chi connectivity index (χ3v) is 4.04. The van der Waals surface area contributed by atoms with Crippen molar-refractivity contribution in [3.8, 4) is 0 Å². The number of hydrogen-bond acceptors (Lipinski definition) is 2. The summed E-state index contributed by atoms with van der Waals surface area (Å²) in [6, 6.07) is 17.1. The summed E-state index contributed by atoms with van der Waals surface area (Å²) in [7, 11) is 0. The van der Waals surface area contributed by atoms with Gasteiger partial charge in [-0.25, -0.2) is 0 Å². The van der Waals surface area contributed by atoms with Gasteiger partial charge in [0.05, 0.1) is 5.02 Å². The van der Waals surface area contributed by atoms with E-state index in [9.17, 15) is 4.79 Å². The molecule has 0 bridgehead atoms. The van der Waals surface area contributed by atoms with Crippen LogP contribution in [0, 0.1) is 0 Å². The molecule has 0 saturated heterocycles. The Morgan fingerprint density at radius 3 is 2.39 bits per heavy atom. The monoisotopic (exact) mass is 276 g/mol. The summed E-state index contributed by atoms with van der Waals surface area (Å²) in [5, 5.41) is 0.745. The fraction of sp³-hybridized carbons (Fsp3) is 0.133. The zero-order chi connectivity index (χ0) is 12.8.